The lowest BCUT2D eigenvalue weighted by Gasteiger charge is -2.38. The van der Waals surface area contributed by atoms with Crippen LogP contribution in [0.25, 0.3) is 10.6 Å². The molecule has 4 aromatic rings. The van der Waals surface area contributed by atoms with Gasteiger partial charge in [0.05, 0.1) is 23.9 Å². The van der Waals surface area contributed by atoms with Gasteiger partial charge < -0.3 is 20.1 Å². The number of anilines is 1. The van der Waals surface area contributed by atoms with Gasteiger partial charge in [0.2, 0.25) is 0 Å². The first-order chi connectivity index (χ1) is 20.3. The van der Waals surface area contributed by atoms with Crippen molar-refractivity contribution in [1.82, 2.24) is 14.8 Å². The summed E-state index contributed by atoms with van der Waals surface area (Å²) >= 11 is 1.54. The Kier molecular flexibility index (Phi) is 9.31. The molecule has 0 radical (unpaired) electrons. The molecule has 2 N–H and O–H groups in total. The molecule has 0 unspecified atom stereocenters. The third-order valence-electron chi connectivity index (χ3n) is 7.55. The zero-order chi connectivity index (χ0) is 29.6. The van der Waals surface area contributed by atoms with Crippen LogP contribution in [0.5, 0.6) is 5.75 Å². The highest BCUT2D eigenvalue weighted by atomic mass is 32.1. The van der Waals surface area contributed by atoms with Crippen molar-refractivity contribution in [1.29, 1.82) is 0 Å². The number of benzene rings is 3. The number of para-hydroxylation sites is 1. The Morgan fingerprint density at radius 2 is 1.90 bits per heavy atom. The summed E-state index contributed by atoms with van der Waals surface area (Å²) in [5.74, 6) is -0.247. The van der Waals surface area contributed by atoms with Crippen LogP contribution >= 0.6 is 11.3 Å². The van der Waals surface area contributed by atoms with Crippen LogP contribution in [0.15, 0.2) is 84.4 Å². The summed E-state index contributed by atoms with van der Waals surface area (Å²) in [5, 5.41) is 15.7. The highest BCUT2D eigenvalue weighted by Gasteiger charge is 2.34. The number of aliphatic hydroxyl groups is 1. The van der Waals surface area contributed by atoms with Gasteiger partial charge in [-0.25, -0.2) is 4.98 Å². The molecule has 1 aliphatic rings. The molecule has 0 saturated heterocycles. The van der Waals surface area contributed by atoms with E-state index < -0.39 is 0 Å². The number of carbonyl (C=O) groups is 2. The van der Waals surface area contributed by atoms with Gasteiger partial charge in [0, 0.05) is 48.3 Å². The lowest BCUT2D eigenvalue weighted by atomic mass is 9.98. The summed E-state index contributed by atoms with van der Waals surface area (Å²) in [6, 6.07) is 22.3. The molecular formula is C33H36N4O4S. The van der Waals surface area contributed by atoms with Gasteiger partial charge in [-0.3, -0.25) is 14.5 Å². The van der Waals surface area contributed by atoms with E-state index in [1.807, 2.05) is 49.7 Å². The molecule has 0 bridgehead atoms. The Labute approximate surface area is 250 Å². The smallest absolute Gasteiger partial charge is 0.258 e. The Bertz CT molecular complexity index is 1490. The number of fused-ring (bicyclic) bond motifs is 1. The molecule has 0 saturated carbocycles. The second-order valence-electron chi connectivity index (χ2n) is 10.9. The van der Waals surface area contributed by atoms with Crippen LogP contribution in [0.2, 0.25) is 0 Å². The van der Waals surface area contributed by atoms with E-state index in [1.54, 1.807) is 41.4 Å². The predicted molar refractivity (Wildman–Crippen MR) is 166 cm³/mol. The van der Waals surface area contributed by atoms with Gasteiger partial charge in [0.25, 0.3) is 11.8 Å². The van der Waals surface area contributed by atoms with Crippen molar-refractivity contribution in [3.63, 3.8) is 0 Å². The lowest BCUT2D eigenvalue weighted by molar-refractivity contribution is 0.0343. The summed E-state index contributed by atoms with van der Waals surface area (Å²) in [5.41, 5.74) is 3.40. The maximum atomic E-state index is 13.8. The minimum atomic E-state index is -0.372. The topological polar surface area (TPSA) is 95.0 Å². The molecular weight excluding hydrogens is 548 g/mol. The first-order valence-electron chi connectivity index (χ1n) is 14.1. The minimum absolute atomic E-state index is 0.0449. The normalized spacial score (nSPS) is 17.6. The predicted octanol–water partition coefficient (Wildman–Crippen LogP) is 5.41. The fourth-order valence-electron chi connectivity index (χ4n) is 5.15. The SMILES string of the molecule is C[C@H]1CN([C@@H](C)CO)C(=O)c2cccc(NC(=O)c3ccc(-c4nccs4)cc3)c2O[C@@H]1CN(C)Cc1ccccc1. The molecule has 3 atom stereocenters. The average molecular weight is 585 g/mol. The molecule has 0 fully saturated rings. The fraction of sp³-hybridized carbons (Fsp3) is 0.303. The number of likely N-dealkylation sites (N-methyl/N-ethyl adjacent to an activating group) is 1. The number of carbonyl (C=O) groups excluding carboxylic acids is 2. The van der Waals surface area contributed by atoms with Gasteiger partial charge in [-0.2, -0.15) is 0 Å². The standard InChI is InChI=1S/C33H36N4O4S/c1-22-18-37(23(2)21-38)33(40)27-10-7-11-28(30(27)41-29(22)20-36(3)19-24-8-5-4-6-9-24)35-31(39)25-12-14-26(15-13-25)32-34-16-17-42-32/h4-17,22-23,29,38H,18-21H2,1-3H3,(H,35,39)/t22-,23-,29+/m0/s1. The number of nitrogens with one attached hydrogen (secondary N) is 1. The second-order valence-corrected chi connectivity index (χ2v) is 11.8. The number of rotatable bonds is 9. The van der Waals surface area contributed by atoms with Crippen molar-refractivity contribution in [3.05, 3.63) is 101 Å². The number of nitrogens with zero attached hydrogens (tertiary/aromatic N) is 3. The van der Waals surface area contributed by atoms with Crippen molar-refractivity contribution >= 4 is 28.8 Å². The second kappa shape index (κ2) is 13.3. The van der Waals surface area contributed by atoms with E-state index in [1.165, 1.54) is 16.9 Å². The summed E-state index contributed by atoms with van der Waals surface area (Å²) in [7, 11) is 2.05. The zero-order valence-corrected chi connectivity index (χ0v) is 24.9. The molecule has 2 amide bonds. The molecule has 8 nitrogen and oxygen atoms in total. The third kappa shape index (κ3) is 6.70. The van der Waals surface area contributed by atoms with Gasteiger partial charge in [-0.15, -0.1) is 11.3 Å². The molecule has 0 aliphatic carbocycles. The molecule has 3 aromatic carbocycles. The summed E-state index contributed by atoms with van der Waals surface area (Å²) < 4.78 is 6.65. The fourth-order valence-corrected chi connectivity index (χ4v) is 5.80. The van der Waals surface area contributed by atoms with Crippen molar-refractivity contribution in [2.45, 2.75) is 32.5 Å². The van der Waals surface area contributed by atoms with E-state index in [9.17, 15) is 14.7 Å². The number of hydrogen-bond acceptors (Lipinski definition) is 7. The molecule has 42 heavy (non-hydrogen) atoms. The summed E-state index contributed by atoms with van der Waals surface area (Å²) in [4.78, 5) is 35.4. The van der Waals surface area contributed by atoms with Crippen LogP contribution in [-0.4, -0.2) is 70.6 Å². The molecule has 9 heteroatoms. The minimum Gasteiger partial charge on any atom is -0.486 e. The van der Waals surface area contributed by atoms with Crippen LogP contribution in [0, 0.1) is 5.92 Å². The lowest BCUT2D eigenvalue weighted by Crippen LogP contribution is -2.49. The summed E-state index contributed by atoms with van der Waals surface area (Å²) in [6.07, 6.45) is 1.47. The Morgan fingerprint density at radius 1 is 1.14 bits per heavy atom. The first-order valence-corrected chi connectivity index (χ1v) is 15.0. The summed E-state index contributed by atoms with van der Waals surface area (Å²) in [6.45, 7) is 5.52. The monoisotopic (exact) mass is 584 g/mol. The van der Waals surface area contributed by atoms with E-state index in [4.69, 9.17) is 4.74 Å². The van der Waals surface area contributed by atoms with Gasteiger partial charge in [-0.05, 0) is 43.8 Å². The molecule has 5 rings (SSSR count). The highest BCUT2D eigenvalue weighted by Crippen LogP contribution is 2.35. The molecule has 218 valence electrons. The number of aromatic nitrogens is 1. The van der Waals surface area contributed by atoms with Gasteiger partial charge in [-0.1, -0.05) is 55.5 Å². The van der Waals surface area contributed by atoms with Crippen molar-refractivity contribution in [3.8, 4) is 16.3 Å². The van der Waals surface area contributed by atoms with E-state index >= 15 is 0 Å². The van der Waals surface area contributed by atoms with Crippen molar-refractivity contribution in [2.24, 2.45) is 5.92 Å². The van der Waals surface area contributed by atoms with Crippen LogP contribution in [-0.2, 0) is 6.54 Å². The van der Waals surface area contributed by atoms with Gasteiger partial charge in [0.15, 0.2) is 5.75 Å². The Hall–Kier alpha value is -4.05. The quantitative estimate of drug-likeness (QED) is 0.273. The molecule has 0 spiro atoms. The van der Waals surface area contributed by atoms with E-state index in [0.29, 0.717) is 35.7 Å². The van der Waals surface area contributed by atoms with Crippen LogP contribution in [0.4, 0.5) is 5.69 Å². The highest BCUT2D eigenvalue weighted by molar-refractivity contribution is 7.13. The first kappa shape index (κ1) is 29.4. The van der Waals surface area contributed by atoms with E-state index in [0.717, 1.165) is 17.1 Å². The van der Waals surface area contributed by atoms with Crippen LogP contribution in [0.3, 0.4) is 0 Å². The average Bonchev–Trinajstić information content (AvgIpc) is 3.55. The molecule has 1 aliphatic heterocycles. The van der Waals surface area contributed by atoms with E-state index in [-0.39, 0.29) is 36.5 Å². The number of ether oxygens (including phenoxy) is 1. The number of thiazole rings is 1. The molecule has 2 heterocycles. The maximum Gasteiger partial charge on any atom is 0.258 e. The van der Waals surface area contributed by atoms with Gasteiger partial charge in [0.1, 0.15) is 11.1 Å². The van der Waals surface area contributed by atoms with Crippen LogP contribution in [0.1, 0.15) is 40.1 Å². The number of aliphatic hydroxyl groups excluding tert-OH is 1. The Balaban J connectivity index is 1.43. The van der Waals surface area contributed by atoms with Crippen LogP contribution < -0.4 is 10.1 Å². The Morgan fingerprint density at radius 3 is 2.60 bits per heavy atom. The third-order valence-corrected chi connectivity index (χ3v) is 8.37. The van der Waals surface area contributed by atoms with Gasteiger partial charge >= 0.3 is 0 Å². The van der Waals surface area contributed by atoms with Crippen molar-refractivity contribution < 1.29 is 19.4 Å². The number of amides is 2. The van der Waals surface area contributed by atoms with E-state index in [2.05, 4.69) is 34.3 Å². The number of hydrogen-bond donors (Lipinski definition) is 2. The maximum absolute atomic E-state index is 13.8. The molecule has 1 aromatic heterocycles. The van der Waals surface area contributed by atoms with Crippen molar-refractivity contribution in [2.75, 3.05) is 32.1 Å². The zero-order valence-electron chi connectivity index (χ0n) is 24.1. The largest absolute Gasteiger partial charge is 0.486 e.